The molecular formula is C17H18N2O. The quantitative estimate of drug-likeness (QED) is 0.869. The molecule has 0 saturated heterocycles. The molecule has 0 fully saturated rings. The number of aromatic nitrogens is 1. The zero-order valence-corrected chi connectivity index (χ0v) is 11.4. The van der Waals surface area contributed by atoms with Crippen LogP contribution in [0.5, 0.6) is 0 Å². The number of pyridine rings is 1. The molecule has 1 unspecified atom stereocenters. The van der Waals surface area contributed by atoms with Crippen molar-refractivity contribution in [3.63, 3.8) is 0 Å². The largest absolute Gasteiger partial charge is 0.326 e. The maximum atomic E-state index is 12.7. The van der Waals surface area contributed by atoms with Gasteiger partial charge in [-0.15, -0.1) is 0 Å². The summed E-state index contributed by atoms with van der Waals surface area (Å²) in [6.45, 7) is 0.502. The number of fused-ring (bicyclic) bond motifs is 1. The Balaban J connectivity index is 1.91. The Morgan fingerprint density at radius 1 is 1.25 bits per heavy atom. The number of nitrogens with two attached hydrogens (primary N) is 1. The van der Waals surface area contributed by atoms with E-state index in [4.69, 9.17) is 5.73 Å². The molecule has 20 heavy (non-hydrogen) atoms. The molecule has 1 aromatic heterocycles. The van der Waals surface area contributed by atoms with E-state index in [0.29, 0.717) is 6.54 Å². The first-order chi connectivity index (χ1) is 9.79. The van der Waals surface area contributed by atoms with Crippen molar-refractivity contribution in [2.45, 2.75) is 31.7 Å². The second kappa shape index (κ2) is 5.55. The number of aryl methyl sites for hydroxylation is 1. The van der Waals surface area contributed by atoms with Crippen molar-refractivity contribution in [2.75, 3.05) is 0 Å². The van der Waals surface area contributed by atoms with Gasteiger partial charge in [0.2, 0.25) is 0 Å². The van der Waals surface area contributed by atoms with Gasteiger partial charge in [0.05, 0.1) is 11.6 Å². The van der Waals surface area contributed by atoms with Crippen LogP contribution < -0.4 is 5.73 Å². The average molecular weight is 266 g/mol. The lowest BCUT2D eigenvalue weighted by Gasteiger charge is -2.23. The van der Waals surface area contributed by atoms with E-state index in [-0.39, 0.29) is 11.7 Å². The molecule has 2 aromatic rings. The summed E-state index contributed by atoms with van der Waals surface area (Å²) >= 11 is 0. The molecule has 1 aliphatic rings. The highest BCUT2D eigenvalue weighted by molar-refractivity contribution is 6.01. The van der Waals surface area contributed by atoms with Crippen LogP contribution in [-0.4, -0.2) is 10.8 Å². The van der Waals surface area contributed by atoms with Gasteiger partial charge in [-0.3, -0.25) is 9.78 Å². The molecule has 1 aromatic carbocycles. The third-order valence-corrected chi connectivity index (χ3v) is 3.99. The Hall–Kier alpha value is -2.00. The molecule has 3 heteroatoms. The second-order valence-electron chi connectivity index (χ2n) is 5.26. The molecule has 102 valence electrons. The average Bonchev–Trinajstić information content (AvgIpc) is 2.54. The zero-order valence-electron chi connectivity index (χ0n) is 11.4. The predicted molar refractivity (Wildman–Crippen MR) is 78.6 cm³/mol. The highest BCUT2D eigenvalue weighted by atomic mass is 16.1. The van der Waals surface area contributed by atoms with Crippen molar-refractivity contribution in [3.05, 3.63) is 65.0 Å². The molecule has 0 saturated carbocycles. The summed E-state index contributed by atoms with van der Waals surface area (Å²) in [6, 6.07) is 11.6. The van der Waals surface area contributed by atoms with Crippen LogP contribution in [0.3, 0.4) is 0 Å². The minimum absolute atomic E-state index is 0.0938. The van der Waals surface area contributed by atoms with Crippen molar-refractivity contribution >= 4 is 5.78 Å². The van der Waals surface area contributed by atoms with Crippen molar-refractivity contribution in [3.8, 4) is 0 Å². The van der Waals surface area contributed by atoms with E-state index in [1.165, 1.54) is 5.56 Å². The van der Waals surface area contributed by atoms with E-state index in [1.54, 1.807) is 6.20 Å². The Morgan fingerprint density at radius 2 is 2.05 bits per heavy atom. The van der Waals surface area contributed by atoms with Gasteiger partial charge in [-0.05, 0) is 36.5 Å². The lowest BCUT2D eigenvalue weighted by molar-refractivity contribution is 0.0949. The van der Waals surface area contributed by atoms with Crippen LogP contribution in [-0.2, 0) is 13.0 Å². The summed E-state index contributed by atoms with van der Waals surface area (Å²) in [4.78, 5) is 17.1. The maximum Gasteiger partial charge on any atom is 0.171 e. The SMILES string of the molecule is NCc1ccc(C(=O)C2CCCc3cccnc32)cc1. The Kier molecular flexibility index (Phi) is 3.61. The molecule has 0 radical (unpaired) electrons. The fourth-order valence-electron chi connectivity index (χ4n) is 2.87. The molecule has 3 nitrogen and oxygen atoms in total. The lowest BCUT2D eigenvalue weighted by atomic mass is 9.82. The van der Waals surface area contributed by atoms with E-state index in [1.807, 2.05) is 30.3 Å². The van der Waals surface area contributed by atoms with Crippen molar-refractivity contribution < 1.29 is 4.79 Å². The van der Waals surface area contributed by atoms with Crippen LogP contribution in [0.4, 0.5) is 0 Å². The normalized spacial score (nSPS) is 17.6. The number of hydrogen-bond donors (Lipinski definition) is 1. The Labute approximate surface area is 118 Å². The fraction of sp³-hybridized carbons (Fsp3) is 0.294. The van der Waals surface area contributed by atoms with Crippen LogP contribution >= 0.6 is 0 Å². The number of hydrogen-bond acceptors (Lipinski definition) is 3. The third-order valence-electron chi connectivity index (χ3n) is 3.99. The summed E-state index contributed by atoms with van der Waals surface area (Å²) in [5.74, 6) is 0.0805. The summed E-state index contributed by atoms with van der Waals surface area (Å²) in [5, 5.41) is 0. The summed E-state index contributed by atoms with van der Waals surface area (Å²) < 4.78 is 0. The minimum atomic E-state index is -0.0938. The minimum Gasteiger partial charge on any atom is -0.326 e. The molecule has 1 heterocycles. The number of carbonyl (C=O) groups is 1. The van der Waals surface area contributed by atoms with Gasteiger partial charge in [0.25, 0.3) is 0 Å². The van der Waals surface area contributed by atoms with E-state index in [0.717, 1.165) is 36.1 Å². The van der Waals surface area contributed by atoms with Crippen molar-refractivity contribution in [1.82, 2.24) is 4.98 Å². The first-order valence-corrected chi connectivity index (χ1v) is 7.06. The highest BCUT2D eigenvalue weighted by Gasteiger charge is 2.28. The third kappa shape index (κ3) is 2.37. The van der Waals surface area contributed by atoms with Crippen LogP contribution in [0.1, 0.15) is 45.9 Å². The first kappa shape index (κ1) is 13.0. The van der Waals surface area contributed by atoms with Gasteiger partial charge in [0.15, 0.2) is 5.78 Å². The first-order valence-electron chi connectivity index (χ1n) is 7.06. The number of carbonyl (C=O) groups excluding carboxylic acids is 1. The molecule has 1 aliphatic carbocycles. The van der Waals surface area contributed by atoms with Gasteiger partial charge >= 0.3 is 0 Å². The predicted octanol–water partition coefficient (Wildman–Crippen LogP) is 2.84. The van der Waals surface area contributed by atoms with Gasteiger partial charge in [-0.1, -0.05) is 30.3 Å². The number of ketones is 1. The smallest absolute Gasteiger partial charge is 0.171 e. The van der Waals surface area contributed by atoms with Gasteiger partial charge in [-0.25, -0.2) is 0 Å². The van der Waals surface area contributed by atoms with Crippen LogP contribution in [0.2, 0.25) is 0 Å². The molecule has 2 N–H and O–H groups in total. The van der Waals surface area contributed by atoms with Crippen LogP contribution in [0, 0.1) is 0 Å². The standard InChI is InChI=1S/C17H18N2O/c18-11-12-6-8-14(9-7-12)17(20)15-5-1-3-13-4-2-10-19-16(13)15/h2,4,6-10,15H,1,3,5,11,18H2. The van der Waals surface area contributed by atoms with Crippen molar-refractivity contribution in [2.24, 2.45) is 5.73 Å². The second-order valence-corrected chi connectivity index (χ2v) is 5.26. The summed E-state index contributed by atoms with van der Waals surface area (Å²) in [6.07, 6.45) is 4.75. The maximum absolute atomic E-state index is 12.7. The number of nitrogens with zero attached hydrogens (tertiary/aromatic N) is 1. The molecule has 0 bridgehead atoms. The molecule has 0 amide bonds. The van der Waals surface area contributed by atoms with Crippen LogP contribution in [0.15, 0.2) is 42.6 Å². The zero-order chi connectivity index (χ0) is 13.9. The lowest BCUT2D eigenvalue weighted by Crippen LogP contribution is -2.20. The van der Waals surface area contributed by atoms with Gasteiger partial charge in [0.1, 0.15) is 0 Å². The van der Waals surface area contributed by atoms with E-state index >= 15 is 0 Å². The fourth-order valence-corrected chi connectivity index (χ4v) is 2.87. The Bertz CT molecular complexity index is 619. The monoisotopic (exact) mass is 266 g/mol. The van der Waals surface area contributed by atoms with Crippen LogP contribution in [0.25, 0.3) is 0 Å². The van der Waals surface area contributed by atoms with Gasteiger partial charge < -0.3 is 5.73 Å². The molecule has 0 aliphatic heterocycles. The van der Waals surface area contributed by atoms with Crippen molar-refractivity contribution in [1.29, 1.82) is 0 Å². The molecule has 0 spiro atoms. The number of Topliss-reactive ketones (excluding diaryl/α,β-unsaturated/α-hetero) is 1. The van der Waals surface area contributed by atoms with Gasteiger partial charge in [-0.2, -0.15) is 0 Å². The van der Waals surface area contributed by atoms with E-state index in [2.05, 4.69) is 11.1 Å². The molecule has 3 rings (SSSR count). The number of benzene rings is 1. The summed E-state index contributed by atoms with van der Waals surface area (Å²) in [5.41, 5.74) is 9.57. The summed E-state index contributed by atoms with van der Waals surface area (Å²) in [7, 11) is 0. The van der Waals surface area contributed by atoms with Gasteiger partial charge in [0, 0.05) is 18.3 Å². The topological polar surface area (TPSA) is 56.0 Å². The number of rotatable bonds is 3. The van der Waals surface area contributed by atoms with E-state index in [9.17, 15) is 4.79 Å². The Morgan fingerprint density at radius 3 is 2.80 bits per heavy atom. The molecule has 1 atom stereocenters. The molecular weight excluding hydrogens is 248 g/mol. The van der Waals surface area contributed by atoms with E-state index < -0.39 is 0 Å². The highest BCUT2D eigenvalue weighted by Crippen LogP contribution is 2.32.